The number of phenols is 2. The third kappa shape index (κ3) is 2.97. The molecule has 1 aliphatic rings. The maximum Gasteiger partial charge on any atom is 0.257 e. The minimum Gasteiger partial charge on any atom is -0.507 e. The number of aromatic hydroxyl groups is 2. The lowest BCUT2D eigenvalue weighted by molar-refractivity contribution is 0.0665. The molecule has 1 amide bonds. The number of H-pyrrole nitrogens is 1. The quantitative estimate of drug-likeness (QED) is 0.773. The molecule has 1 aliphatic heterocycles. The van der Waals surface area contributed by atoms with Gasteiger partial charge in [-0.25, -0.2) is 0 Å². The molecule has 0 atom stereocenters. The highest BCUT2D eigenvalue weighted by molar-refractivity contribution is 6.32. The molecule has 0 aliphatic carbocycles. The number of likely N-dealkylation sites (N-methyl/N-ethyl adjacent to an activating group) is 1. The molecule has 8 heteroatoms. The summed E-state index contributed by atoms with van der Waals surface area (Å²) < 4.78 is 0. The fourth-order valence-electron chi connectivity index (χ4n) is 2.58. The zero-order valence-corrected chi connectivity index (χ0v) is 13.3. The molecule has 1 aromatic carbocycles. The lowest BCUT2D eigenvalue weighted by atomic mass is 10.1. The van der Waals surface area contributed by atoms with Crippen molar-refractivity contribution >= 4 is 17.5 Å². The van der Waals surface area contributed by atoms with Crippen molar-refractivity contribution in [3.8, 4) is 22.8 Å². The number of aromatic amines is 1. The number of halogens is 1. The summed E-state index contributed by atoms with van der Waals surface area (Å²) in [5.41, 5.74) is 1.07. The van der Waals surface area contributed by atoms with Crippen LogP contribution in [0.3, 0.4) is 0 Å². The van der Waals surface area contributed by atoms with Gasteiger partial charge in [0.25, 0.3) is 5.91 Å². The van der Waals surface area contributed by atoms with Crippen LogP contribution in [-0.2, 0) is 0 Å². The van der Waals surface area contributed by atoms with Crippen molar-refractivity contribution in [2.45, 2.75) is 0 Å². The first-order valence-corrected chi connectivity index (χ1v) is 7.58. The van der Waals surface area contributed by atoms with Crippen molar-refractivity contribution in [1.29, 1.82) is 0 Å². The zero-order chi connectivity index (χ0) is 16.6. The van der Waals surface area contributed by atoms with Crippen LogP contribution in [0.4, 0.5) is 0 Å². The number of hydrogen-bond acceptors (Lipinski definition) is 5. The first-order valence-electron chi connectivity index (χ1n) is 7.20. The Balaban J connectivity index is 1.94. The molecule has 3 N–H and O–H groups in total. The number of amides is 1. The first-order chi connectivity index (χ1) is 11.0. The van der Waals surface area contributed by atoms with E-state index in [0.29, 0.717) is 29.9 Å². The normalized spacial score (nSPS) is 15.8. The molecule has 7 nitrogen and oxygen atoms in total. The second-order valence-corrected chi connectivity index (χ2v) is 5.98. The van der Waals surface area contributed by atoms with Crippen LogP contribution in [-0.4, -0.2) is 69.3 Å². The number of carbonyl (C=O) groups is 1. The Morgan fingerprint density at radius 1 is 1.22 bits per heavy atom. The van der Waals surface area contributed by atoms with Gasteiger partial charge in [-0.1, -0.05) is 11.6 Å². The van der Waals surface area contributed by atoms with Gasteiger partial charge in [0.05, 0.1) is 22.5 Å². The summed E-state index contributed by atoms with van der Waals surface area (Å²) in [6.45, 7) is 2.91. The SMILES string of the molecule is CN1CCN(C(=O)c2cn[nH]c2-c2cc(Cl)c(O)cc2O)CC1. The fourth-order valence-corrected chi connectivity index (χ4v) is 2.75. The summed E-state index contributed by atoms with van der Waals surface area (Å²) in [6, 6.07) is 2.54. The molecule has 0 radical (unpaired) electrons. The van der Waals surface area contributed by atoms with Gasteiger partial charge in [0.1, 0.15) is 11.5 Å². The van der Waals surface area contributed by atoms with Crippen LogP contribution in [0.15, 0.2) is 18.3 Å². The summed E-state index contributed by atoms with van der Waals surface area (Å²) >= 11 is 5.90. The summed E-state index contributed by atoms with van der Waals surface area (Å²) in [4.78, 5) is 16.6. The van der Waals surface area contributed by atoms with Crippen molar-refractivity contribution < 1.29 is 15.0 Å². The number of aromatic nitrogens is 2. The molecular formula is C15H17ClN4O3. The predicted molar refractivity (Wildman–Crippen MR) is 85.8 cm³/mol. The van der Waals surface area contributed by atoms with Gasteiger partial charge >= 0.3 is 0 Å². The Morgan fingerprint density at radius 3 is 2.61 bits per heavy atom. The Labute approximate surface area is 138 Å². The van der Waals surface area contributed by atoms with E-state index in [2.05, 4.69) is 15.1 Å². The Morgan fingerprint density at radius 2 is 1.91 bits per heavy atom. The van der Waals surface area contributed by atoms with E-state index in [1.54, 1.807) is 4.90 Å². The highest BCUT2D eigenvalue weighted by Gasteiger charge is 2.25. The maximum absolute atomic E-state index is 12.7. The van der Waals surface area contributed by atoms with E-state index >= 15 is 0 Å². The third-order valence-electron chi connectivity index (χ3n) is 3.99. The van der Waals surface area contributed by atoms with Crippen LogP contribution in [0.25, 0.3) is 11.3 Å². The second-order valence-electron chi connectivity index (χ2n) is 5.57. The molecule has 0 bridgehead atoms. The monoisotopic (exact) mass is 336 g/mol. The molecule has 1 aromatic heterocycles. The van der Waals surface area contributed by atoms with Gasteiger partial charge in [-0.15, -0.1) is 0 Å². The number of rotatable bonds is 2. The molecule has 0 saturated carbocycles. The van der Waals surface area contributed by atoms with Crippen molar-refractivity contribution in [3.05, 3.63) is 28.9 Å². The second kappa shape index (κ2) is 6.10. The number of piperazine rings is 1. The van der Waals surface area contributed by atoms with Gasteiger partial charge in [-0.3, -0.25) is 9.89 Å². The molecule has 0 spiro atoms. The molecule has 1 fully saturated rings. The van der Waals surface area contributed by atoms with E-state index in [4.69, 9.17) is 11.6 Å². The molecule has 122 valence electrons. The summed E-state index contributed by atoms with van der Waals surface area (Å²) in [7, 11) is 2.02. The molecule has 23 heavy (non-hydrogen) atoms. The van der Waals surface area contributed by atoms with Gasteiger partial charge in [-0.05, 0) is 13.1 Å². The molecule has 0 unspecified atom stereocenters. The minimum atomic E-state index is -0.223. The van der Waals surface area contributed by atoms with Crippen molar-refractivity contribution in [2.75, 3.05) is 33.2 Å². The van der Waals surface area contributed by atoms with E-state index in [1.807, 2.05) is 7.05 Å². The van der Waals surface area contributed by atoms with Crippen LogP contribution < -0.4 is 0 Å². The fraction of sp³-hybridized carbons (Fsp3) is 0.333. The van der Waals surface area contributed by atoms with Crippen molar-refractivity contribution in [1.82, 2.24) is 20.0 Å². The number of carbonyl (C=O) groups excluding carboxylic acids is 1. The number of benzene rings is 1. The Kier molecular flexibility index (Phi) is 4.14. The average Bonchev–Trinajstić information content (AvgIpc) is 3.00. The lowest BCUT2D eigenvalue weighted by Gasteiger charge is -2.32. The third-order valence-corrected chi connectivity index (χ3v) is 4.30. The standard InChI is InChI=1S/C15H17ClN4O3/c1-19-2-4-20(5-3-19)15(23)10-8-17-18-14(10)9-6-11(16)13(22)7-12(9)21/h6-8,21-22H,2-5H2,1H3,(H,17,18). The van der Waals surface area contributed by atoms with E-state index in [1.165, 1.54) is 12.3 Å². The van der Waals surface area contributed by atoms with Crippen molar-refractivity contribution in [3.63, 3.8) is 0 Å². The summed E-state index contributed by atoms with van der Waals surface area (Å²) in [5, 5.41) is 26.3. The van der Waals surface area contributed by atoms with Gasteiger partial charge in [0.2, 0.25) is 0 Å². The number of phenolic OH excluding ortho intramolecular Hbond substituents is 2. The van der Waals surface area contributed by atoms with Crippen LogP contribution in [0.5, 0.6) is 11.5 Å². The molecule has 2 heterocycles. The molecular weight excluding hydrogens is 320 g/mol. The topological polar surface area (TPSA) is 92.7 Å². The van der Waals surface area contributed by atoms with Gasteiger partial charge in [0.15, 0.2) is 0 Å². The largest absolute Gasteiger partial charge is 0.507 e. The smallest absolute Gasteiger partial charge is 0.257 e. The first kappa shape index (κ1) is 15.6. The minimum absolute atomic E-state index is 0.0883. The van der Waals surface area contributed by atoms with E-state index < -0.39 is 0 Å². The van der Waals surface area contributed by atoms with Crippen LogP contribution in [0, 0.1) is 0 Å². The summed E-state index contributed by atoms with van der Waals surface area (Å²) in [6.07, 6.45) is 1.44. The van der Waals surface area contributed by atoms with Gasteiger partial charge in [-0.2, -0.15) is 5.10 Å². The number of nitrogens with zero attached hydrogens (tertiary/aromatic N) is 3. The zero-order valence-electron chi connectivity index (χ0n) is 12.6. The van der Waals surface area contributed by atoms with Gasteiger partial charge in [0, 0.05) is 37.8 Å². The highest BCUT2D eigenvalue weighted by Crippen LogP contribution is 2.37. The van der Waals surface area contributed by atoms with E-state index in [0.717, 1.165) is 19.2 Å². The van der Waals surface area contributed by atoms with E-state index in [9.17, 15) is 15.0 Å². The van der Waals surface area contributed by atoms with Gasteiger partial charge < -0.3 is 20.0 Å². The maximum atomic E-state index is 12.7. The highest BCUT2D eigenvalue weighted by atomic mass is 35.5. The summed E-state index contributed by atoms with van der Waals surface area (Å²) in [5.74, 6) is -0.548. The Hall–Kier alpha value is -2.25. The Bertz CT molecular complexity index is 738. The predicted octanol–water partition coefficient (Wildman–Crippen LogP) is 1.53. The average molecular weight is 337 g/mol. The molecule has 3 rings (SSSR count). The molecule has 2 aromatic rings. The number of nitrogens with one attached hydrogen (secondary N) is 1. The molecule has 1 saturated heterocycles. The lowest BCUT2D eigenvalue weighted by Crippen LogP contribution is -2.47. The van der Waals surface area contributed by atoms with E-state index in [-0.39, 0.29) is 22.4 Å². The van der Waals surface area contributed by atoms with Crippen LogP contribution >= 0.6 is 11.6 Å². The van der Waals surface area contributed by atoms with Crippen molar-refractivity contribution in [2.24, 2.45) is 0 Å². The number of hydrogen-bond donors (Lipinski definition) is 3. The van der Waals surface area contributed by atoms with Crippen LogP contribution in [0.2, 0.25) is 5.02 Å². The van der Waals surface area contributed by atoms with Crippen LogP contribution in [0.1, 0.15) is 10.4 Å².